The van der Waals surface area contributed by atoms with E-state index in [2.05, 4.69) is 29.4 Å². The number of aromatic nitrogens is 2. The van der Waals surface area contributed by atoms with Crippen LogP contribution >= 0.6 is 23.1 Å². The molecule has 7 heteroatoms. The molecule has 5 nitrogen and oxygen atoms in total. The number of rotatable bonds is 6. The Hall–Kier alpha value is -2.12. The lowest BCUT2D eigenvalue weighted by Crippen LogP contribution is -2.34. The highest BCUT2D eigenvalue weighted by molar-refractivity contribution is 8.00. The number of hydrogen-bond acceptors (Lipinski definition) is 5. The summed E-state index contributed by atoms with van der Waals surface area (Å²) >= 11 is 2.69. The molecule has 0 aliphatic rings. The molecule has 1 amide bonds. The molecule has 0 bridgehead atoms. The molecule has 0 saturated heterocycles. The van der Waals surface area contributed by atoms with Crippen LogP contribution in [0.2, 0.25) is 0 Å². The zero-order chi connectivity index (χ0) is 18.7. The van der Waals surface area contributed by atoms with E-state index in [0.29, 0.717) is 21.9 Å². The summed E-state index contributed by atoms with van der Waals surface area (Å²) in [4.78, 5) is 29.3. The first-order chi connectivity index (χ1) is 12.5. The van der Waals surface area contributed by atoms with Gasteiger partial charge < -0.3 is 5.32 Å². The van der Waals surface area contributed by atoms with Gasteiger partial charge in [-0.15, -0.1) is 11.3 Å². The molecule has 2 aromatic heterocycles. The van der Waals surface area contributed by atoms with Crippen LogP contribution in [0.3, 0.4) is 0 Å². The fourth-order valence-corrected chi connectivity index (χ4v) is 4.29. The van der Waals surface area contributed by atoms with E-state index in [-0.39, 0.29) is 22.6 Å². The normalized spacial score (nSPS) is 13.5. The van der Waals surface area contributed by atoms with Gasteiger partial charge in [-0.1, -0.05) is 49.0 Å². The first-order valence-electron chi connectivity index (χ1n) is 8.41. The average molecular weight is 388 g/mol. The molecule has 136 valence electrons. The second kappa shape index (κ2) is 8.05. The summed E-state index contributed by atoms with van der Waals surface area (Å²) in [7, 11) is 1.69. The van der Waals surface area contributed by atoms with Crippen molar-refractivity contribution in [1.82, 2.24) is 14.9 Å². The molecular formula is C19H21N3O2S2. The number of carbonyl (C=O) groups excluding carboxylic acids is 1. The van der Waals surface area contributed by atoms with Crippen molar-refractivity contribution in [2.24, 2.45) is 7.05 Å². The second-order valence-corrected chi connectivity index (χ2v) is 8.43. The van der Waals surface area contributed by atoms with E-state index < -0.39 is 0 Å². The van der Waals surface area contributed by atoms with Gasteiger partial charge in [0.2, 0.25) is 5.91 Å². The molecule has 0 fully saturated rings. The minimum absolute atomic E-state index is 0.0579. The molecule has 2 heterocycles. The Bertz CT molecular complexity index is 966. The third-order valence-electron chi connectivity index (χ3n) is 4.25. The summed E-state index contributed by atoms with van der Waals surface area (Å²) < 4.78 is 2.16. The number of carbonyl (C=O) groups is 1. The van der Waals surface area contributed by atoms with Crippen LogP contribution in [0, 0.1) is 0 Å². The molecule has 0 saturated carbocycles. The minimum atomic E-state index is -0.341. The lowest BCUT2D eigenvalue weighted by atomic mass is 10.0. The van der Waals surface area contributed by atoms with Gasteiger partial charge in [-0.05, 0) is 29.9 Å². The second-order valence-electron chi connectivity index (χ2n) is 6.21. The van der Waals surface area contributed by atoms with Crippen molar-refractivity contribution in [3.63, 3.8) is 0 Å². The number of benzene rings is 1. The van der Waals surface area contributed by atoms with Gasteiger partial charge in [0.25, 0.3) is 5.56 Å². The van der Waals surface area contributed by atoms with Crippen LogP contribution in [0.15, 0.2) is 51.7 Å². The molecule has 1 aromatic carbocycles. The third kappa shape index (κ3) is 3.99. The fraction of sp³-hybridized carbons (Fsp3) is 0.316. The molecule has 3 rings (SSSR count). The summed E-state index contributed by atoms with van der Waals surface area (Å²) in [6.45, 7) is 4.49. The van der Waals surface area contributed by atoms with Gasteiger partial charge in [-0.2, -0.15) is 0 Å². The molecule has 0 aliphatic heterocycles. The standard InChI is InChI=1S/C19H21N3O2S2/c1-12(14-7-5-4-6-8-14)11-20-17(23)13(2)26-19-21-15-9-10-25-16(15)18(24)22(19)3/h4-10,12-13H,11H2,1-3H3,(H,20,23). The van der Waals surface area contributed by atoms with E-state index in [1.54, 1.807) is 7.05 Å². The van der Waals surface area contributed by atoms with Crippen LogP contribution in [0.4, 0.5) is 0 Å². The first kappa shape index (κ1) is 18.7. The summed E-state index contributed by atoms with van der Waals surface area (Å²) in [5, 5.41) is 5.06. The molecule has 0 spiro atoms. The molecule has 26 heavy (non-hydrogen) atoms. The van der Waals surface area contributed by atoms with Gasteiger partial charge in [0.05, 0.1) is 10.8 Å². The van der Waals surface area contributed by atoms with Crippen molar-refractivity contribution in [3.05, 3.63) is 57.7 Å². The summed E-state index contributed by atoms with van der Waals surface area (Å²) in [6, 6.07) is 11.9. The van der Waals surface area contributed by atoms with Crippen molar-refractivity contribution in [3.8, 4) is 0 Å². The monoisotopic (exact) mass is 387 g/mol. The SMILES string of the molecule is CC(Sc1nc2ccsc2c(=O)n1C)C(=O)NCC(C)c1ccccc1. The van der Waals surface area contributed by atoms with E-state index in [0.717, 1.165) is 0 Å². The van der Waals surface area contributed by atoms with Crippen molar-refractivity contribution < 1.29 is 4.79 Å². The Morgan fingerprint density at radius 3 is 2.73 bits per heavy atom. The van der Waals surface area contributed by atoms with Crippen LogP contribution in [-0.2, 0) is 11.8 Å². The molecule has 2 unspecified atom stereocenters. The predicted octanol–water partition coefficient (Wildman–Crippen LogP) is 3.40. The van der Waals surface area contributed by atoms with Crippen LogP contribution in [-0.4, -0.2) is 27.3 Å². The van der Waals surface area contributed by atoms with Gasteiger partial charge in [0.1, 0.15) is 4.70 Å². The number of nitrogens with one attached hydrogen (secondary N) is 1. The van der Waals surface area contributed by atoms with E-state index in [1.807, 2.05) is 36.6 Å². The molecule has 3 aromatic rings. The number of fused-ring (bicyclic) bond motifs is 1. The minimum Gasteiger partial charge on any atom is -0.355 e. The lowest BCUT2D eigenvalue weighted by molar-refractivity contribution is -0.120. The largest absolute Gasteiger partial charge is 0.355 e. The maximum atomic E-state index is 12.4. The third-order valence-corrected chi connectivity index (χ3v) is 6.28. The molecule has 0 radical (unpaired) electrons. The zero-order valence-corrected chi connectivity index (χ0v) is 16.6. The molecule has 1 N–H and O–H groups in total. The highest BCUT2D eigenvalue weighted by atomic mass is 32.2. The number of thioether (sulfide) groups is 1. The number of hydrogen-bond donors (Lipinski definition) is 1. The Morgan fingerprint density at radius 2 is 2.00 bits per heavy atom. The molecular weight excluding hydrogens is 366 g/mol. The van der Waals surface area contributed by atoms with Crippen molar-refractivity contribution in [2.75, 3.05) is 6.54 Å². The number of thiophene rings is 1. The topological polar surface area (TPSA) is 64.0 Å². The van der Waals surface area contributed by atoms with Gasteiger partial charge in [-0.25, -0.2) is 4.98 Å². The first-order valence-corrected chi connectivity index (χ1v) is 10.2. The van der Waals surface area contributed by atoms with Gasteiger partial charge >= 0.3 is 0 Å². The van der Waals surface area contributed by atoms with Crippen LogP contribution in [0.5, 0.6) is 0 Å². The number of amides is 1. The number of nitrogens with zero attached hydrogens (tertiary/aromatic N) is 2. The van der Waals surface area contributed by atoms with E-state index in [1.165, 1.54) is 33.2 Å². The zero-order valence-electron chi connectivity index (χ0n) is 14.9. The van der Waals surface area contributed by atoms with E-state index in [4.69, 9.17) is 0 Å². The maximum absolute atomic E-state index is 12.4. The van der Waals surface area contributed by atoms with Crippen LogP contribution < -0.4 is 10.9 Å². The fourth-order valence-electron chi connectivity index (χ4n) is 2.58. The van der Waals surface area contributed by atoms with Gasteiger partial charge in [0, 0.05) is 13.6 Å². The molecule has 2 atom stereocenters. The Morgan fingerprint density at radius 1 is 1.27 bits per heavy atom. The summed E-state index contributed by atoms with van der Waals surface area (Å²) in [5.41, 5.74) is 1.81. The Labute approximate surface area is 160 Å². The predicted molar refractivity (Wildman–Crippen MR) is 108 cm³/mol. The van der Waals surface area contributed by atoms with Crippen LogP contribution in [0.1, 0.15) is 25.3 Å². The van der Waals surface area contributed by atoms with Crippen LogP contribution in [0.25, 0.3) is 10.2 Å². The van der Waals surface area contributed by atoms with Gasteiger partial charge in [0.15, 0.2) is 5.16 Å². The summed E-state index contributed by atoms with van der Waals surface area (Å²) in [5.74, 6) is 0.180. The average Bonchev–Trinajstić information content (AvgIpc) is 3.12. The van der Waals surface area contributed by atoms with Crippen molar-refractivity contribution in [2.45, 2.75) is 30.2 Å². The highest BCUT2D eigenvalue weighted by Gasteiger charge is 2.19. The molecule has 0 aliphatic carbocycles. The van der Waals surface area contributed by atoms with Crippen molar-refractivity contribution in [1.29, 1.82) is 0 Å². The van der Waals surface area contributed by atoms with Gasteiger partial charge in [-0.3, -0.25) is 14.2 Å². The quantitative estimate of drug-likeness (QED) is 0.520. The Balaban J connectivity index is 1.64. The maximum Gasteiger partial charge on any atom is 0.271 e. The van der Waals surface area contributed by atoms with E-state index >= 15 is 0 Å². The van der Waals surface area contributed by atoms with E-state index in [9.17, 15) is 9.59 Å². The Kier molecular flexibility index (Phi) is 5.78. The van der Waals surface area contributed by atoms with Crippen molar-refractivity contribution >= 4 is 39.2 Å². The highest BCUT2D eigenvalue weighted by Crippen LogP contribution is 2.24. The smallest absolute Gasteiger partial charge is 0.271 e. The summed E-state index contributed by atoms with van der Waals surface area (Å²) in [6.07, 6.45) is 0. The lowest BCUT2D eigenvalue weighted by Gasteiger charge is -2.16.